The first kappa shape index (κ1) is 64.4. The molecule has 0 fully saturated rings. The third-order valence-corrected chi connectivity index (χ3v) is 14.1. The van der Waals surface area contributed by atoms with Crippen molar-refractivity contribution < 1.29 is 28.6 Å². The molecule has 0 spiro atoms. The Hall–Kier alpha value is -1.59. The zero-order chi connectivity index (χ0) is 48.2. The van der Waals surface area contributed by atoms with E-state index in [2.05, 4.69) is 34.6 Å². The highest BCUT2D eigenvalue weighted by Crippen LogP contribution is 2.19. The maximum absolute atomic E-state index is 12.9. The van der Waals surface area contributed by atoms with Crippen LogP contribution in [-0.2, 0) is 28.6 Å². The number of hydrogen-bond donors (Lipinski definition) is 0. The van der Waals surface area contributed by atoms with Crippen LogP contribution in [0.1, 0.15) is 336 Å². The molecule has 6 nitrogen and oxygen atoms in total. The maximum Gasteiger partial charge on any atom is 0.306 e. The molecule has 0 aromatic rings. The molecule has 6 heteroatoms. The molecule has 0 aromatic heterocycles. The number of rotatable bonds is 54. The summed E-state index contributed by atoms with van der Waals surface area (Å²) in [5, 5.41) is 0. The van der Waals surface area contributed by atoms with Gasteiger partial charge in [-0.05, 0) is 31.1 Å². The normalized spacial score (nSPS) is 12.5. The lowest BCUT2D eigenvalue weighted by Gasteiger charge is -2.18. The largest absolute Gasteiger partial charge is 0.462 e. The van der Waals surface area contributed by atoms with E-state index in [9.17, 15) is 14.4 Å². The van der Waals surface area contributed by atoms with Crippen LogP contribution in [0.4, 0.5) is 0 Å². The Morgan fingerprint density at radius 2 is 0.576 bits per heavy atom. The SMILES string of the molecule is CCCCCCCCCCCCCCCCCCCCCC(=O)OC[C@@H](COC(=O)CCCCCCCCCCCCCCC(C)C)OC(=O)CCCCCCCCCCCCC(C)CC. The Morgan fingerprint density at radius 1 is 0.318 bits per heavy atom. The Morgan fingerprint density at radius 3 is 0.864 bits per heavy atom. The lowest BCUT2D eigenvalue weighted by atomic mass is 9.99. The van der Waals surface area contributed by atoms with Crippen LogP contribution >= 0.6 is 0 Å². The molecule has 1 unspecified atom stereocenters. The predicted octanol–water partition coefficient (Wildman–Crippen LogP) is 19.7. The molecule has 0 N–H and O–H groups in total. The van der Waals surface area contributed by atoms with E-state index in [1.807, 2.05) is 0 Å². The summed E-state index contributed by atoms with van der Waals surface area (Å²) in [7, 11) is 0. The van der Waals surface area contributed by atoms with E-state index in [4.69, 9.17) is 14.2 Å². The van der Waals surface area contributed by atoms with Gasteiger partial charge in [0.15, 0.2) is 6.10 Å². The van der Waals surface area contributed by atoms with Gasteiger partial charge in [-0.1, -0.05) is 298 Å². The van der Waals surface area contributed by atoms with E-state index in [0.29, 0.717) is 19.3 Å². The average molecular weight is 934 g/mol. The Bertz CT molecular complexity index is 1010. The van der Waals surface area contributed by atoms with Crippen LogP contribution in [0, 0.1) is 11.8 Å². The molecule has 0 saturated carbocycles. The summed E-state index contributed by atoms with van der Waals surface area (Å²) in [5.74, 6) is 0.862. The van der Waals surface area contributed by atoms with Crippen LogP contribution in [0.5, 0.6) is 0 Å². The van der Waals surface area contributed by atoms with Gasteiger partial charge in [-0.3, -0.25) is 14.4 Å². The summed E-state index contributed by atoms with van der Waals surface area (Å²) in [6, 6.07) is 0. The molecule has 0 amide bonds. The zero-order valence-corrected chi connectivity index (χ0v) is 45.3. The van der Waals surface area contributed by atoms with Crippen LogP contribution in [0.3, 0.4) is 0 Å². The van der Waals surface area contributed by atoms with E-state index in [1.54, 1.807) is 0 Å². The summed E-state index contributed by atoms with van der Waals surface area (Å²) >= 11 is 0. The van der Waals surface area contributed by atoms with Gasteiger partial charge in [0.2, 0.25) is 0 Å². The van der Waals surface area contributed by atoms with E-state index in [1.165, 1.54) is 225 Å². The second-order valence-corrected chi connectivity index (χ2v) is 21.4. The molecule has 0 bridgehead atoms. The number of carbonyl (C=O) groups is 3. The van der Waals surface area contributed by atoms with Crippen molar-refractivity contribution in [3.05, 3.63) is 0 Å². The molecular formula is C60H116O6. The van der Waals surface area contributed by atoms with Crippen molar-refractivity contribution in [1.82, 2.24) is 0 Å². The van der Waals surface area contributed by atoms with Crippen LogP contribution in [-0.4, -0.2) is 37.2 Å². The fraction of sp³-hybridized carbons (Fsp3) is 0.950. The first-order valence-electron chi connectivity index (χ1n) is 29.8. The summed E-state index contributed by atoms with van der Waals surface area (Å²) < 4.78 is 16.9. The minimum absolute atomic E-state index is 0.0628. The van der Waals surface area contributed by atoms with Gasteiger partial charge in [0.1, 0.15) is 13.2 Å². The summed E-state index contributed by atoms with van der Waals surface area (Å²) in [6.07, 6.45) is 56.6. The first-order chi connectivity index (χ1) is 32.3. The van der Waals surface area contributed by atoms with Crippen LogP contribution in [0.15, 0.2) is 0 Å². The van der Waals surface area contributed by atoms with Crippen molar-refractivity contribution in [3.63, 3.8) is 0 Å². The Kier molecular flexibility index (Phi) is 51.5. The smallest absolute Gasteiger partial charge is 0.306 e. The van der Waals surface area contributed by atoms with Gasteiger partial charge in [0.05, 0.1) is 0 Å². The van der Waals surface area contributed by atoms with Gasteiger partial charge >= 0.3 is 17.9 Å². The highest BCUT2D eigenvalue weighted by Gasteiger charge is 2.19. The van der Waals surface area contributed by atoms with Gasteiger partial charge in [0, 0.05) is 19.3 Å². The highest BCUT2D eigenvalue weighted by molar-refractivity contribution is 5.71. The fourth-order valence-electron chi connectivity index (χ4n) is 9.20. The van der Waals surface area contributed by atoms with Crippen molar-refractivity contribution in [2.75, 3.05) is 13.2 Å². The second kappa shape index (κ2) is 52.8. The number of esters is 3. The molecule has 0 heterocycles. The van der Waals surface area contributed by atoms with Gasteiger partial charge in [0.25, 0.3) is 0 Å². The van der Waals surface area contributed by atoms with Crippen LogP contribution in [0.2, 0.25) is 0 Å². The zero-order valence-electron chi connectivity index (χ0n) is 45.3. The van der Waals surface area contributed by atoms with Gasteiger partial charge in [-0.2, -0.15) is 0 Å². The van der Waals surface area contributed by atoms with Crippen LogP contribution < -0.4 is 0 Å². The molecular weight excluding hydrogens is 817 g/mol. The number of ether oxygens (including phenoxy) is 3. The number of carbonyl (C=O) groups excluding carboxylic acids is 3. The van der Waals surface area contributed by atoms with Crippen LogP contribution in [0.25, 0.3) is 0 Å². The third kappa shape index (κ3) is 51.8. The molecule has 392 valence electrons. The number of hydrogen-bond acceptors (Lipinski definition) is 6. The fourth-order valence-corrected chi connectivity index (χ4v) is 9.20. The van der Waals surface area contributed by atoms with Gasteiger partial charge < -0.3 is 14.2 Å². The molecule has 0 aliphatic carbocycles. The van der Waals surface area contributed by atoms with E-state index in [0.717, 1.165) is 69.6 Å². The van der Waals surface area contributed by atoms with Crippen molar-refractivity contribution in [3.8, 4) is 0 Å². The van der Waals surface area contributed by atoms with Gasteiger partial charge in [-0.25, -0.2) is 0 Å². The minimum atomic E-state index is -0.763. The summed E-state index contributed by atoms with van der Waals surface area (Å²) in [6.45, 7) is 11.4. The third-order valence-electron chi connectivity index (χ3n) is 14.1. The minimum Gasteiger partial charge on any atom is -0.462 e. The molecule has 0 radical (unpaired) electrons. The van der Waals surface area contributed by atoms with Crippen molar-refractivity contribution >= 4 is 17.9 Å². The van der Waals surface area contributed by atoms with Gasteiger partial charge in [-0.15, -0.1) is 0 Å². The van der Waals surface area contributed by atoms with Crippen molar-refractivity contribution in [1.29, 1.82) is 0 Å². The lowest BCUT2D eigenvalue weighted by Crippen LogP contribution is -2.30. The maximum atomic E-state index is 12.9. The quantitative estimate of drug-likeness (QED) is 0.0343. The second-order valence-electron chi connectivity index (χ2n) is 21.4. The van der Waals surface area contributed by atoms with E-state index >= 15 is 0 Å². The predicted molar refractivity (Wildman–Crippen MR) is 284 cm³/mol. The average Bonchev–Trinajstić information content (AvgIpc) is 3.30. The summed E-state index contributed by atoms with van der Waals surface area (Å²) in [4.78, 5) is 38.2. The molecule has 0 saturated heterocycles. The van der Waals surface area contributed by atoms with Crippen molar-refractivity contribution in [2.45, 2.75) is 343 Å². The lowest BCUT2D eigenvalue weighted by molar-refractivity contribution is -0.167. The highest BCUT2D eigenvalue weighted by atomic mass is 16.6. The number of unbranched alkanes of at least 4 members (excludes halogenated alkanes) is 38. The van der Waals surface area contributed by atoms with E-state index in [-0.39, 0.29) is 31.1 Å². The summed E-state index contributed by atoms with van der Waals surface area (Å²) in [5.41, 5.74) is 0. The molecule has 0 aliphatic heterocycles. The first-order valence-corrected chi connectivity index (χ1v) is 29.8. The van der Waals surface area contributed by atoms with E-state index < -0.39 is 6.10 Å². The topological polar surface area (TPSA) is 78.9 Å². The molecule has 0 aliphatic rings. The molecule has 66 heavy (non-hydrogen) atoms. The Balaban J connectivity index is 4.28. The standard InChI is InChI=1S/C60H116O6/c1-6-8-9-10-11-12-13-14-15-16-17-18-19-20-24-30-35-40-45-50-58(61)64-53-57(66-60(63)52-47-42-37-32-27-26-29-34-39-44-49-56(5)7-2)54-65-59(62)51-46-41-36-31-25-22-21-23-28-33-38-43-48-55(3)4/h55-57H,6-54H2,1-5H3/t56?,57-/m0/s1. The monoisotopic (exact) mass is 933 g/mol. The van der Waals surface area contributed by atoms with Crippen molar-refractivity contribution in [2.24, 2.45) is 11.8 Å². The molecule has 0 aromatic carbocycles. The Labute approximate surface area is 412 Å². The molecule has 0 rings (SSSR count). The molecule has 2 atom stereocenters.